The maximum absolute atomic E-state index is 14.8. The first kappa shape index (κ1) is 75.8. The molecule has 0 unspecified atom stereocenters. The van der Waals surface area contributed by atoms with Crippen LogP contribution in [-0.4, -0.2) is 72.2 Å². The summed E-state index contributed by atoms with van der Waals surface area (Å²) in [5.41, 5.74) is 15.7. The lowest BCUT2D eigenvalue weighted by Crippen LogP contribution is -2.13. The number of anilines is 1. The summed E-state index contributed by atoms with van der Waals surface area (Å²) in [5, 5.41) is 18.2. The minimum absolute atomic E-state index is 0.128. The smallest absolute Gasteiger partial charge is 0.303 e. The lowest BCUT2D eigenvalue weighted by atomic mass is 10.0. The van der Waals surface area contributed by atoms with Gasteiger partial charge in [0.1, 0.15) is 28.8 Å². The van der Waals surface area contributed by atoms with Gasteiger partial charge in [0.25, 0.3) is 0 Å². The second kappa shape index (κ2) is 36.9. The Morgan fingerprint density at radius 3 is 1.05 bits per heavy atom. The second-order valence-corrected chi connectivity index (χ2v) is 30.0. The van der Waals surface area contributed by atoms with Crippen LogP contribution in [0.5, 0.6) is 34.5 Å². The fourth-order valence-corrected chi connectivity index (χ4v) is 14.6. The highest BCUT2D eigenvalue weighted by Crippen LogP contribution is 2.43. The predicted octanol–water partition coefficient (Wildman–Crippen LogP) is 19.6. The molecule has 9 heterocycles. The van der Waals surface area contributed by atoms with Gasteiger partial charge in [-0.2, -0.15) is 0 Å². The van der Waals surface area contributed by atoms with Gasteiger partial charge in [0, 0.05) is 119 Å². The molecule has 3 aromatic carbocycles. The van der Waals surface area contributed by atoms with Crippen LogP contribution in [0.3, 0.4) is 0 Å². The molecule has 0 spiro atoms. The molecule has 0 bridgehead atoms. The van der Waals surface area contributed by atoms with Crippen molar-refractivity contribution in [2.45, 2.75) is 130 Å². The van der Waals surface area contributed by atoms with E-state index in [1.165, 1.54) is 58.3 Å². The molecule has 0 saturated heterocycles. The number of halogens is 3. The zero-order valence-corrected chi connectivity index (χ0v) is 61.9. The number of hydrogen-bond acceptors (Lipinski definition) is 19. The Morgan fingerprint density at radius 1 is 0.425 bits per heavy atom. The Kier molecular flexibility index (Phi) is 26.4. The first-order valence-electron chi connectivity index (χ1n) is 36.1. The topological polar surface area (TPSA) is 239 Å². The molecular weight excluding hydrogens is 1400 g/mol. The van der Waals surface area contributed by atoms with Crippen molar-refractivity contribution in [1.29, 1.82) is 0 Å². The number of carboxylic acids is 1. The molecule has 23 heteroatoms. The van der Waals surface area contributed by atoms with Crippen LogP contribution in [0.25, 0.3) is 62.4 Å². The summed E-state index contributed by atoms with van der Waals surface area (Å²) in [6, 6.07) is 37.3. The number of nitrogen functional groups attached to an aromatic ring is 1. The van der Waals surface area contributed by atoms with E-state index in [0.717, 1.165) is 176 Å². The summed E-state index contributed by atoms with van der Waals surface area (Å²) in [7, 11) is 0. The van der Waals surface area contributed by atoms with Gasteiger partial charge in [-0.1, -0.05) is 51.1 Å². The van der Waals surface area contributed by atoms with Gasteiger partial charge in [-0.15, -0.1) is 34.0 Å². The van der Waals surface area contributed by atoms with E-state index in [4.69, 9.17) is 25.1 Å². The number of ether oxygens (including phenoxy) is 3. The number of carboxylic acid groups (broad SMARTS) is 1. The van der Waals surface area contributed by atoms with Gasteiger partial charge in [0.15, 0.2) is 34.7 Å². The summed E-state index contributed by atoms with van der Waals surface area (Å²) in [6.07, 6.45) is 22.8. The molecule has 106 heavy (non-hydrogen) atoms. The van der Waals surface area contributed by atoms with Gasteiger partial charge in [-0.25, -0.2) is 13.2 Å². The lowest BCUT2D eigenvalue weighted by molar-refractivity contribution is -0.137. The third-order valence-corrected chi connectivity index (χ3v) is 21.1. The first-order valence-corrected chi connectivity index (χ1v) is 38.6. The molecule has 15 rings (SSSR count). The zero-order valence-electron chi connectivity index (χ0n) is 59.5. The number of thiophene rings is 3. The van der Waals surface area contributed by atoms with Gasteiger partial charge in [0.2, 0.25) is 0 Å². The number of pyridine rings is 6. The Balaban J connectivity index is 0.000000143. The SMILES string of the molecule is CCCNCc1ccc(-c2cc3nccc(Oc4ccc(CC(=O)CC5CC5)cc4F)c3s2)nc1.CCCNCc1ccc(-c2cc3nccc(Oc4ccc(CC(=O)CC5CC5)cc4F)c3s2)nc1.CCCNCc1ccc(-c2cc3nccc(Oc4ccc(N)cc4F)c3s2)nc1.O=C(O)CC1CC1. The molecule has 0 amide bonds. The van der Waals surface area contributed by atoms with Crippen LogP contribution in [0.4, 0.5) is 18.9 Å². The van der Waals surface area contributed by atoms with Crippen LogP contribution in [0.2, 0.25) is 0 Å². The molecule has 17 nitrogen and oxygen atoms in total. The number of nitrogens with two attached hydrogens (primary N) is 1. The first-order chi connectivity index (χ1) is 51.6. The van der Waals surface area contributed by atoms with Crippen molar-refractivity contribution in [3.63, 3.8) is 0 Å². The predicted molar refractivity (Wildman–Crippen MR) is 415 cm³/mol. The Hall–Kier alpha value is -9.88. The normalized spacial score (nSPS) is 13.1. The Morgan fingerprint density at radius 2 is 0.755 bits per heavy atom. The highest BCUT2D eigenvalue weighted by molar-refractivity contribution is 7.23. The van der Waals surface area contributed by atoms with Crippen molar-refractivity contribution >= 4 is 87.9 Å². The minimum Gasteiger partial charge on any atom is -0.481 e. The molecule has 6 N–H and O–H groups in total. The number of benzene rings is 3. The van der Waals surface area contributed by atoms with Crippen molar-refractivity contribution in [2.24, 2.45) is 17.8 Å². The molecule has 3 aliphatic rings. The summed E-state index contributed by atoms with van der Waals surface area (Å²) in [6.45, 7) is 11.8. The van der Waals surface area contributed by atoms with E-state index in [2.05, 4.69) is 84.8 Å². The van der Waals surface area contributed by atoms with Crippen molar-refractivity contribution in [3.8, 4) is 66.2 Å². The number of Topliss-reactive ketones (excluding diaryl/α,β-unsaturated/α-hetero) is 2. The third-order valence-electron chi connectivity index (χ3n) is 17.6. The van der Waals surface area contributed by atoms with Crippen molar-refractivity contribution in [3.05, 3.63) is 210 Å². The van der Waals surface area contributed by atoms with Gasteiger partial charge in [0.05, 0.1) is 62.4 Å². The Bertz CT molecular complexity index is 4760. The number of carbonyl (C=O) groups excluding carboxylic acids is 2. The molecule has 9 aromatic heterocycles. The average molecular weight is 1490 g/mol. The Labute approximate surface area is 626 Å². The number of rotatable bonds is 31. The van der Waals surface area contributed by atoms with E-state index in [0.29, 0.717) is 71.1 Å². The summed E-state index contributed by atoms with van der Waals surface area (Å²) in [4.78, 5) is 64.2. The van der Waals surface area contributed by atoms with Gasteiger partial charge in [-0.05, 0) is 196 Å². The number of nitrogens with one attached hydrogen (secondary N) is 3. The second-order valence-electron chi connectivity index (χ2n) is 26.9. The molecule has 0 radical (unpaired) electrons. The van der Waals surface area contributed by atoms with Gasteiger partial charge < -0.3 is 41.0 Å². The molecule has 548 valence electrons. The zero-order chi connectivity index (χ0) is 73.9. The quantitative estimate of drug-likeness (QED) is 0.0200. The van der Waals surface area contributed by atoms with Crippen LogP contribution in [0.15, 0.2) is 165 Å². The number of ketones is 2. The van der Waals surface area contributed by atoms with E-state index in [1.807, 2.05) is 55.0 Å². The van der Waals surface area contributed by atoms with E-state index in [-0.39, 0.29) is 41.7 Å². The summed E-state index contributed by atoms with van der Waals surface area (Å²) < 4.78 is 64.0. The summed E-state index contributed by atoms with van der Waals surface area (Å²) >= 11 is 4.56. The average Bonchev–Trinajstić information content (AvgIpc) is 1.65. The van der Waals surface area contributed by atoms with E-state index in [9.17, 15) is 27.6 Å². The fourth-order valence-electron chi connectivity index (χ4n) is 11.5. The largest absolute Gasteiger partial charge is 0.481 e. The van der Waals surface area contributed by atoms with Crippen molar-refractivity contribution in [2.75, 3.05) is 25.4 Å². The number of fused-ring (bicyclic) bond motifs is 3. The molecule has 3 fully saturated rings. The molecular formula is C83H85F3N10O7S3. The maximum Gasteiger partial charge on any atom is 0.303 e. The standard InChI is InChI=1S/2C28H28FN3O2S.C22H21FN4OS.C5H8O2/c2*1-2-10-30-16-20-5-7-23(32-17-20)27-15-24-28(35-27)26(9-11-31-24)34-25-8-6-19(14-22(25)29)13-21(33)12-18-3-4-18;1-2-8-25-12-14-3-5-17(27-13-14)21-11-18-22(29-21)20(7-9-26-18)28-19-6-4-15(24)10-16(19)23;6-5(7)3-4-1-2-4/h2*5-9,11,14-15,17-18,30H,2-4,10,12-13,16H2,1H3;3-7,9-11,13,25H,2,8,12,24H2,1H3;4H,1-3H2,(H,6,7). The van der Waals surface area contributed by atoms with Gasteiger partial charge >= 0.3 is 5.97 Å². The van der Waals surface area contributed by atoms with Crippen molar-refractivity contribution in [1.82, 2.24) is 45.9 Å². The monoisotopic (exact) mass is 1490 g/mol. The lowest BCUT2D eigenvalue weighted by Gasteiger charge is -2.09. The molecule has 0 atom stereocenters. The molecule has 0 aliphatic heterocycles. The highest BCUT2D eigenvalue weighted by Gasteiger charge is 2.27. The molecule has 3 saturated carbocycles. The van der Waals surface area contributed by atoms with Crippen LogP contribution in [0, 0.1) is 35.2 Å². The fraction of sp³-hybridized carbons (Fsp3) is 0.313. The van der Waals surface area contributed by atoms with Crippen LogP contribution in [-0.2, 0) is 46.9 Å². The van der Waals surface area contributed by atoms with E-state index < -0.39 is 23.4 Å². The number of aliphatic carboxylic acids is 1. The number of aromatic nitrogens is 6. The highest BCUT2D eigenvalue weighted by atomic mass is 32.1. The van der Waals surface area contributed by atoms with E-state index >= 15 is 0 Å². The minimum atomic E-state index is -0.650. The number of nitrogens with zero attached hydrogens (tertiary/aromatic N) is 6. The van der Waals surface area contributed by atoms with Crippen LogP contribution < -0.4 is 35.9 Å². The van der Waals surface area contributed by atoms with Crippen LogP contribution >= 0.6 is 34.0 Å². The number of hydrogen-bond donors (Lipinski definition) is 5. The molecule has 3 aliphatic carbocycles. The van der Waals surface area contributed by atoms with Crippen LogP contribution in [0.1, 0.15) is 126 Å². The van der Waals surface area contributed by atoms with E-state index in [1.54, 1.807) is 67.1 Å². The third kappa shape index (κ3) is 21.9. The summed E-state index contributed by atoms with van der Waals surface area (Å²) in [5.74, 6) is 1.87. The maximum atomic E-state index is 14.8. The number of carbonyl (C=O) groups is 3. The van der Waals surface area contributed by atoms with Gasteiger partial charge in [-0.3, -0.25) is 44.3 Å². The van der Waals surface area contributed by atoms with Crippen molar-refractivity contribution < 1.29 is 46.9 Å². The molecule has 12 aromatic rings.